The number of amides is 1. The number of nitrogens with one attached hydrogen (secondary N) is 1. The Morgan fingerprint density at radius 3 is 2.72 bits per heavy atom. The van der Waals surface area contributed by atoms with Crippen LogP contribution in [0.1, 0.15) is 35.3 Å². The molecule has 3 heterocycles. The number of ether oxygens (including phenoxy) is 3. The van der Waals surface area contributed by atoms with Crippen molar-refractivity contribution in [1.29, 1.82) is 0 Å². The minimum absolute atomic E-state index is 0.0397. The van der Waals surface area contributed by atoms with Gasteiger partial charge in [0.1, 0.15) is 12.4 Å². The van der Waals surface area contributed by atoms with Crippen molar-refractivity contribution in [2.24, 2.45) is 0 Å². The summed E-state index contributed by atoms with van der Waals surface area (Å²) in [6.07, 6.45) is 4.32. The molecule has 200 valence electrons. The molecule has 0 fully saturated rings. The Hall–Kier alpha value is -4.23. The molecule has 1 amide bonds. The SMILES string of the molecule is C[C@H](COc1ccc(/C=C/C(=O)N2CCc3c([nH]c4ccccc34)C2c2ccc3c(c2)OCO3)cc1)N(C)C. The number of H-pyrrole nitrogens is 1. The van der Waals surface area contributed by atoms with Crippen LogP contribution in [0.3, 0.4) is 0 Å². The number of aromatic amines is 1. The van der Waals surface area contributed by atoms with Gasteiger partial charge >= 0.3 is 0 Å². The first-order valence-electron chi connectivity index (χ1n) is 13.3. The number of benzene rings is 3. The van der Waals surface area contributed by atoms with Gasteiger partial charge in [-0.25, -0.2) is 0 Å². The topological polar surface area (TPSA) is 67.0 Å². The predicted molar refractivity (Wildman–Crippen MR) is 152 cm³/mol. The zero-order valence-electron chi connectivity index (χ0n) is 22.5. The van der Waals surface area contributed by atoms with Crippen LogP contribution in [0.15, 0.2) is 72.8 Å². The summed E-state index contributed by atoms with van der Waals surface area (Å²) in [5.41, 5.74) is 5.33. The maximum Gasteiger partial charge on any atom is 0.247 e. The molecule has 2 aliphatic rings. The van der Waals surface area contributed by atoms with Gasteiger partial charge in [0.15, 0.2) is 11.5 Å². The van der Waals surface area contributed by atoms with Crippen molar-refractivity contribution >= 4 is 22.9 Å². The third kappa shape index (κ3) is 4.98. The summed E-state index contributed by atoms with van der Waals surface area (Å²) in [6.45, 7) is 3.57. The number of hydrogen-bond acceptors (Lipinski definition) is 5. The van der Waals surface area contributed by atoms with E-state index in [0.29, 0.717) is 24.9 Å². The van der Waals surface area contributed by atoms with Crippen LogP contribution in [0.25, 0.3) is 17.0 Å². The number of likely N-dealkylation sites (N-methyl/N-ethyl adjacent to an activating group) is 1. The van der Waals surface area contributed by atoms with E-state index < -0.39 is 0 Å². The second-order valence-corrected chi connectivity index (χ2v) is 10.4. The summed E-state index contributed by atoms with van der Waals surface area (Å²) in [5.74, 6) is 2.22. The van der Waals surface area contributed by atoms with E-state index in [1.165, 1.54) is 10.9 Å². The molecule has 1 N–H and O–H groups in total. The second-order valence-electron chi connectivity index (χ2n) is 10.4. The van der Waals surface area contributed by atoms with E-state index >= 15 is 0 Å². The van der Waals surface area contributed by atoms with Crippen LogP contribution in [-0.4, -0.2) is 60.8 Å². The zero-order chi connectivity index (χ0) is 26.9. The fourth-order valence-electron chi connectivity index (χ4n) is 5.21. The van der Waals surface area contributed by atoms with Crippen LogP contribution in [0, 0.1) is 0 Å². The highest BCUT2D eigenvalue weighted by Crippen LogP contribution is 2.42. The largest absolute Gasteiger partial charge is 0.492 e. The Labute approximate surface area is 228 Å². The quantitative estimate of drug-likeness (QED) is 0.328. The monoisotopic (exact) mass is 523 g/mol. The van der Waals surface area contributed by atoms with Crippen molar-refractivity contribution in [2.75, 3.05) is 34.0 Å². The van der Waals surface area contributed by atoms with Crippen molar-refractivity contribution in [3.63, 3.8) is 0 Å². The van der Waals surface area contributed by atoms with Gasteiger partial charge in [-0.3, -0.25) is 4.79 Å². The number of carbonyl (C=O) groups excluding carboxylic acids is 1. The van der Waals surface area contributed by atoms with Crippen LogP contribution in [0.4, 0.5) is 0 Å². The molecule has 2 aliphatic heterocycles. The summed E-state index contributed by atoms with van der Waals surface area (Å²) in [7, 11) is 4.08. The molecular formula is C32H33N3O4. The lowest BCUT2D eigenvalue weighted by molar-refractivity contribution is -0.128. The molecule has 39 heavy (non-hydrogen) atoms. The van der Waals surface area contributed by atoms with Crippen molar-refractivity contribution in [2.45, 2.75) is 25.4 Å². The van der Waals surface area contributed by atoms with Gasteiger partial charge in [-0.05, 0) is 80.5 Å². The molecule has 0 spiro atoms. The molecule has 2 atom stereocenters. The Bertz CT molecular complexity index is 1520. The molecule has 3 aromatic carbocycles. The number of hydrogen-bond donors (Lipinski definition) is 1. The molecule has 7 nitrogen and oxygen atoms in total. The lowest BCUT2D eigenvalue weighted by Crippen LogP contribution is -2.39. The highest BCUT2D eigenvalue weighted by molar-refractivity contribution is 5.93. The number of rotatable bonds is 7. The average Bonchev–Trinajstić information content (AvgIpc) is 3.58. The van der Waals surface area contributed by atoms with Gasteiger partial charge in [0.05, 0.1) is 6.04 Å². The third-order valence-electron chi connectivity index (χ3n) is 7.70. The van der Waals surface area contributed by atoms with Crippen molar-refractivity contribution < 1.29 is 19.0 Å². The van der Waals surface area contributed by atoms with E-state index in [9.17, 15) is 4.79 Å². The Morgan fingerprint density at radius 1 is 1.10 bits per heavy atom. The fourth-order valence-corrected chi connectivity index (χ4v) is 5.21. The average molecular weight is 524 g/mol. The smallest absolute Gasteiger partial charge is 0.247 e. The molecule has 7 heteroatoms. The number of fused-ring (bicyclic) bond motifs is 4. The Morgan fingerprint density at radius 2 is 1.90 bits per heavy atom. The van der Waals surface area contributed by atoms with Crippen LogP contribution >= 0.6 is 0 Å². The minimum atomic E-state index is -0.262. The van der Waals surface area contributed by atoms with Crippen molar-refractivity contribution in [3.05, 3.63) is 95.2 Å². The first-order chi connectivity index (χ1) is 19.0. The van der Waals surface area contributed by atoms with Gasteiger partial charge < -0.3 is 29.0 Å². The first kappa shape index (κ1) is 25.1. The van der Waals surface area contributed by atoms with Crippen LogP contribution in [0.5, 0.6) is 17.2 Å². The lowest BCUT2D eigenvalue weighted by atomic mass is 9.92. The van der Waals surface area contributed by atoms with Gasteiger partial charge in [-0.1, -0.05) is 36.4 Å². The van der Waals surface area contributed by atoms with Gasteiger partial charge in [0.2, 0.25) is 12.7 Å². The van der Waals surface area contributed by atoms with Crippen molar-refractivity contribution in [3.8, 4) is 17.2 Å². The molecule has 6 rings (SSSR count). The highest BCUT2D eigenvalue weighted by atomic mass is 16.7. The van der Waals surface area contributed by atoms with Crippen LogP contribution in [0.2, 0.25) is 0 Å². The minimum Gasteiger partial charge on any atom is -0.492 e. The predicted octanol–water partition coefficient (Wildman–Crippen LogP) is 5.41. The molecule has 0 saturated carbocycles. The van der Waals surface area contributed by atoms with E-state index in [2.05, 4.69) is 35.0 Å². The maximum absolute atomic E-state index is 13.7. The standard InChI is InChI=1S/C32H33N3O4/c1-21(34(2)3)19-37-24-12-8-22(9-13-24)10-15-30(36)35-17-16-26-25-6-4-5-7-27(25)33-31(26)32(35)23-11-14-28-29(18-23)39-20-38-28/h4-15,18,21,32-33H,16-17,19-20H2,1-3H3/b15-10+/t21-,32?/m1/s1. The second kappa shape index (κ2) is 10.5. The summed E-state index contributed by atoms with van der Waals surface area (Å²) in [6, 6.07) is 22.2. The number of carbonyl (C=O) groups is 1. The van der Waals surface area contributed by atoms with E-state index in [1.807, 2.05) is 73.6 Å². The molecule has 4 aromatic rings. The lowest BCUT2D eigenvalue weighted by Gasteiger charge is -2.35. The summed E-state index contributed by atoms with van der Waals surface area (Å²) >= 11 is 0. The molecule has 1 aromatic heterocycles. The third-order valence-corrected chi connectivity index (χ3v) is 7.70. The number of para-hydroxylation sites is 1. The Kier molecular flexibility index (Phi) is 6.75. The van der Waals surface area contributed by atoms with Crippen LogP contribution < -0.4 is 14.2 Å². The number of aromatic nitrogens is 1. The van der Waals surface area contributed by atoms with E-state index in [4.69, 9.17) is 14.2 Å². The van der Waals surface area contributed by atoms with Crippen LogP contribution in [-0.2, 0) is 11.2 Å². The maximum atomic E-state index is 13.7. The van der Waals surface area contributed by atoms with Gasteiger partial charge in [-0.15, -0.1) is 0 Å². The first-order valence-corrected chi connectivity index (χ1v) is 13.3. The summed E-state index contributed by atoms with van der Waals surface area (Å²) in [4.78, 5) is 21.3. The van der Waals surface area contributed by atoms with E-state index in [-0.39, 0.29) is 18.7 Å². The highest BCUT2D eigenvalue weighted by Gasteiger charge is 2.34. The van der Waals surface area contributed by atoms with Gasteiger partial charge in [0, 0.05) is 35.3 Å². The number of nitrogens with zero attached hydrogens (tertiary/aromatic N) is 2. The molecular weight excluding hydrogens is 490 g/mol. The molecule has 0 aliphatic carbocycles. The van der Waals surface area contributed by atoms with E-state index in [0.717, 1.165) is 40.3 Å². The van der Waals surface area contributed by atoms with Gasteiger partial charge in [-0.2, -0.15) is 0 Å². The summed E-state index contributed by atoms with van der Waals surface area (Å²) in [5, 5.41) is 1.21. The normalized spacial score (nSPS) is 17.1. The molecule has 0 bridgehead atoms. The van der Waals surface area contributed by atoms with Gasteiger partial charge in [0.25, 0.3) is 0 Å². The van der Waals surface area contributed by atoms with Crippen molar-refractivity contribution in [1.82, 2.24) is 14.8 Å². The fraction of sp³-hybridized carbons (Fsp3) is 0.281. The Balaban J connectivity index is 1.26. The molecule has 0 saturated heterocycles. The molecule has 1 unspecified atom stereocenters. The van der Waals surface area contributed by atoms with E-state index in [1.54, 1.807) is 6.08 Å². The molecule has 0 radical (unpaired) electrons. The summed E-state index contributed by atoms with van der Waals surface area (Å²) < 4.78 is 17.1. The zero-order valence-corrected chi connectivity index (χ0v) is 22.5.